The Hall–Kier alpha value is -2.33. The lowest BCUT2D eigenvalue weighted by Crippen LogP contribution is -2.27. The molecule has 0 radical (unpaired) electrons. The SMILES string of the molecule is CC(NCC1CCCCC1)c1ccc(Oc2ccc3ncn(C)c3c2)cc1. The van der Waals surface area contributed by atoms with Crippen LogP contribution in [0.5, 0.6) is 11.5 Å². The van der Waals surface area contributed by atoms with E-state index in [1.807, 2.05) is 36.1 Å². The van der Waals surface area contributed by atoms with Gasteiger partial charge >= 0.3 is 0 Å². The van der Waals surface area contributed by atoms with Gasteiger partial charge in [0, 0.05) is 19.2 Å². The van der Waals surface area contributed by atoms with Crippen molar-refractivity contribution in [3.63, 3.8) is 0 Å². The van der Waals surface area contributed by atoms with Gasteiger partial charge in [0.25, 0.3) is 0 Å². The molecule has 0 spiro atoms. The summed E-state index contributed by atoms with van der Waals surface area (Å²) < 4.78 is 8.04. The molecule has 2 aromatic carbocycles. The van der Waals surface area contributed by atoms with E-state index in [1.165, 1.54) is 37.7 Å². The predicted molar refractivity (Wildman–Crippen MR) is 110 cm³/mol. The molecule has 4 nitrogen and oxygen atoms in total. The summed E-state index contributed by atoms with van der Waals surface area (Å²) in [7, 11) is 2.00. The highest BCUT2D eigenvalue weighted by Crippen LogP contribution is 2.27. The molecule has 4 rings (SSSR count). The highest BCUT2D eigenvalue weighted by molar-refractivity contribution is 5.77. The Bertz CT molecular complexity index is 878. The molecular formula is C23H29N3O. The number of imidazole rings is 1. The van der Waals surface area contributed by atoms with E-state index >= 15 is 0 Å². The van der Waals surface area contributed by atoms with Gasteiger partial charge in [-0.2, -0.15) is 0 Å². The summed E-state index contributed by atoms with van der Waals surface area (Å²) in [5.41, 5.74) is 3.36. The van der Waals surface area contributed by atoms with Crippen molar-refractivity contribution in [2.24, 2.45) is 13.0 Å². The summed E-state index contributed by atoms with van der Waals surface area (Å²) in [5, 5.41) is 3.71. The van der Waals surface area contributed by atoms with Crippen LogP contribution in [0.2, 0.25) is 0 Å². The summed E-state index contributed by atoms with van der Waals surface area (Å²) >= 11 is 0. The molecular weight excluding hydrogens is 334 g/mol. The topological polar surface area (TPSA) is 39.1 Å². The number of nitrogens with one attached hydrogen (secondary N) is 1. The van der Waals surface area contributed by atoms with Crippen molar-refractivity contribution < 1.29 is 4.74 Å². The van der Waals surface area contributed by atoms with Gasteiger partial charge in [-0.25, -0.2) is 4.98 Å². The second kappa shape index (κ2) is 8.13. The minimum absolute atomic E-state index is 0.367. The van der Waals surface area contributed by atoms with E-state index in [-0.39, 0.29) is 0 Å². The molecule has 142 valence electrons. The maximum absolute atomic E-state index is 6.04. The summed E-state index contributed by atoms with van der Waals surface area (Å²) in [6, 6.07) is 14.8. The Morgan fingerprint density at radius 1 is 1.07 bits per heavy atom. The molecule has 1 aliphatic carbocycles. The van der Waals surface area contributed by atoms with Gasteiger partial charge < -0.3 is 14.6 Å². The monoisotopic (exact) mass is 363 g/mol. The first-order chi connectivity index (χ1) is 13.2. The summed E-state index contributed by atoms with van der Waals surface area (Å²) in [4.78, 5) is 4.35. The maximum Gasteiger partial charge on any atom is 0.129 e. The Morgan fingerprint density at radius 2 is 1.81 bits per heavy atom. The Labute approximate surface area is 161 Å². The maximum atomic E-state index is 6.04. The molecule has 0 bridgehead atoms. The van der Waals surface area contributed by atoms with E-state index < -0.39 is 0 Å². The molecule has 1 heterocycles. The molecule has 1 fully saturated rings. The van der Waals surface area contributed by atoms with Crippen LogP contribution in [0.4, 0.5) is 0 Å². The van der Waals surface area contributed by atoms with Crippen molar-refractivity contribution in [1.82, 2.24) is 14.9 Å². The van der Waals surface area contributed by atoms with E-state index in [9.17, 15) is 0 Å². The van der Waals surface area contributed by atoms with E-state index in [1.54, 1.807) is 0 Å². The number of nitrogens with zero attached hydrogens (tertiary/aromatic N) is 2. The molecule has 1 unspecified atom stereocenters. The fraction of sp³-hybridized carbons (Fsp3) is 0.435. The number of ether oxygens (including phenoxy) is 1. The summed E-state index contributed by atoms with van der Waals surface area (Å²) in [6.45, 7) is 3.37. The van der Waals surface area contributed by atoms with Crippen LogP contribution in [0.1, 0.15) is 50.6 Å². The molecule has 1 N–H and O–H groups in total. The molecule has 1 saturated carbocycles. The van der Waals surface area contributed by atoms with Crippen molar-refractivity contribution in [1.29, 1.82) is 0 Å². The first-order valence-electron chi connectivity index (χ1n) is 10.1. The second-order valence-corrected chi connectivity index (χ2v) is 7.81. The molecule has 3 aromatic rings. The first-order valence-corrected chi connectivity index (χ1v) is 10.1. The normalized spacial score (nSPS) is 16.5. The standard InChI is InChI=1S/C23H29N3O/c1-17(24-15-18-6-4-3-5-7-18)19-8-10-20(11-9-19)27-21-12-13-22-23(14-21)26(2)16-25-22/h8-14,16-18,24H,3-7,15H2,1-2H3. The van der Waals surface area contributed by atoms with Crippen molar-refractivity contribution in [2.45, 2.75) is 45.1 Å². The molecule has 27 heavy (non-hydrogen) atoms. The molecule has 1 aliphatic rings. The van der Waals surface area contributed by atoms with Gasteiger partial charge in [-0.15, -0.1) is 0 Å². The largest absolute Gasteiger partial charge is 0.457 e. The number of benzene rings is 2. The lowest BCUT2D eigenvalue weighted by atomic mass is 9.89. The van der Waals surface area contributed by atoms with Crippen molar-refractivity contribution in [3.05, 3.63) is 54.4 Å². The molecule has 1 aromatic heterocycles. The van der Waals surface area contributed by atoms with Gasteiger partial charge in [0.2, 0.25) is 0 Å². The fourth-order valence-electron chi connectivity index (χ4n) is 3.98. The number of aryl methyl sites for hydroxylation is 1. The molecule has 4 heteroatoms. The third-order valence-corrected chi connectivity index (χ3v) is 5.75. The zero-order valence-corrected chi connectivity index (χ0v) is 16.3. The lowest BCUT2D eigenvalue weighted by molar-refractivity contribution is 0.331. The van der Waals surface area contributed by atoms with Crippen LogP contribution in [-0.2, 0) is 7.05 Å². The van der Waals surface area contributed by atoms with Crippen LogP contribution < -0.4 is 10.1 Å². The van der Waals surface area contributed by atoms with Crippen LogP contribution in [0.15, 0.2) is 48.8 Å². The smallest absolute Gasteiger partial charge is 0.129 e. The minimum atomic E-state index is 0.367. The predicted octanol–water partition coefficient (Wildman–Crippen LogP) is 5.60. The summed E-state index contributed by atoms with van der Waals surface area (Å²) in [5.74, 6) is 2.55. The number of hydrogen-bond donors (Lipinski definition) is 1. The molecule has 0 aliphatic heterocycles. The summed E-state index contributed by atoms with van der Waals surface area (Å²) in [6.07, 6.45) is 8.81. The first kappa shape index (κ1) is 18.1. The van der Waals surface area contributed by atoms with Gasteiger partial charge in [0.05, 0.1) is 17.4 Å². The van der Waals surface area contributed by atoms with E-state index in [0.29, 0.717) is 6.04 Å². The third kappa shape index (κ3) is 4.33. The van der Waals surface area contributed by atoms with Crippen LogP contribution in [0.3, 0.4) is 0 Å². The van der Waals surface area contributed by atoms with Gasteiger partial charge in [0.15, 0.2) is 0 Å². The van der Waals surface area contributed by atoms with Crippen LogP contribution >= 0.6 is 0 Å². The fourth-order valence-corrected chi connectivity index (χ4v) is 3.98. The quantitative estimate of drug-likeness (QED) is 0.620. The van der Waals surface area contributed by atoms with Gasteiger partial charge in [-0.3, -0.25) is 0 Å². The van der Waals surface area contributed by atoms with Crippen LogP contribution in [0.25, 0.3) is 11.0 Å². The number of aromatic nitrogens is 2. The highest BCUT2D eigenvalue weighted by Gasteiger charge is 2.14. The average molecular weight is 364 g/mol. The number of hydrogen-bond acceptors (Lipinski definition) is 3. The lowest BCUT2D eigenvalue weighted by Gasteiger charge is -2.24. The minimum Gasteiger partial charge on any atom is -0.457 e. The Balaban J connectivity index is 1.36. The number of rotatable bonds is 6. The van der Waals surface area contributed by atoms with Crippen molar-refractivity contribution >= 4 is 11.0 Å². The van der Waals surface area contributed by atoms with E-state index in [2.05, 4.69) is 41.5 Å². The number of fused-ring (bicyclic) bond motifs is 1. The third-order valence-electron chi connectivity index (χ3n) is 5.75. The molecule has 0 amide bonds. The van der Waals surface area contributed by atoms with Crippen molar-refractivity contribution in [3.8, 4) is 11.5 Å². The zero-order chi connectivity index (χ0) is 18.6. The van der Waals surface area contributed by atoms with Crippen LogP contribution in [0, 0.1) is 5.92 Å². The average Bonchev–Trinajstić information content (AvgIpc) is 3.08. The second-order valence-electron chi connectivity index (χ2n) is 7.81. The van der Waals surface area contributed by atoms with Crippen molar-refractivity contribution in [2.75, 3.05) is 6.54 Å². The van der Waals surface area contributed by atoms with Gasteiger partial charge in [-0.1, -0.05) is 31.4 Å². The molecule has 1 atom stereocenters. The van der Waals surface area contributed by atoms with Gasteiger partial charge in [0.1, 0.15) is 11.5 Å². The molecule has 0 saturated heterocycles. The van der Waals surface area contributed by atoms with E-state index in [0.717, 1.165) is 35.0 Å². The van der Waals surface area contributed by atoms with E-state index in [4.69, 9.17) is 4.74 Å². The zero-order valence-electron chi connectivity index (χ0n) is 16.3. The highest BCUT2D eigenvalue weighted by atomic mass is 16.5. The Kier molecular flexibility index (Phi) is 5.44. The Morgan fingerprint density at radius 3 is 2.59 bits per heavy atom. The van der Waals surface area contributed by atoms with Gasteiger partial charge in [-0.05, 0) is 62.1 Å². The van der Waals surface area contributed by atoms with Crippen LogP contribution in [-0.4, -0.2) is 16.1 Å².